The summed E-state index contributed by atoms with van der Waals surface area (Å²) in [5.41, 5.74) is 12.1. The highest BCUT2D eigenvalue weighted by Crippen LogP contribution is 2.49. The van der Waals surface area contributed by atoms with Crippen LogP contribution in [-0.4, -0.2) is 132 Å². The van der Waals surface area contributed by atoms with Crippen LogP contribution in [0.1, 0.15) is 25.3 Å². The Kier molecular flexibility index (Phi) is 10.0. The van der Waals surface area contributed by atoms with E-state index in [1.165, 1.54) is 30.7 Å². The van der Waals surface area contributed by atoms with Crippen molar-refractivity contribution >= 4 is 41.8 Å². The van der Waals surface area contributed by atoms with Gasteiger partial charge in [-0.2, -0.15) is 4.98 Å². The number of hydrogen-bond acceptors (Lipinski definition) is 17. The number of fused-ring (bicyclic) bond motifs is 2. The standard InChI is InChI=1S/C26H39N12O9P/c1-36(2)6-4-5-33-48(42,47-13-7-16(45-14(13)8-39)37-11-32-18-23(37)34-26(28)35-24(18)41)44-9-15-19(40)20(43-3)25(46-15)38-12-31-17-21(27)29-10-30-22(17)38/h10-16,19-20,25,39-40H,4-9H2,1-3H3,(H,33,42)(H2,27,29,30)(H3,28,34,35,41). The Balaban J connectivity index is 1.19. The van der Waals surface area contributed by atoms with Gasteiger partial charge in [0.15, 0.2) is 28.9 Å². The second-order valence-electron chi connectivity index (χ2n) is 11.7. The minimum absolute atomic E-state index is 0.0525. The molecule has 0 aromatic carbocycles. The molecular formula is C26H39N12O9P. The average molecular weight is 695 g/mol. The number of hydrogen-bond donors (Lipinski definition) is 6. The summed E-state index contributed by atoms with van der Waals surface area (Å²) in [6, 6.07) is 0. The molecule has 8 unspecified atom stereocenters. The van der Waals surface area contributed by atoms with Crippen molar-refractivity contribution in [1.29, 1.82) is 0 Å². The molecule has 48 heavy (non-hydrogen) atoms. The molecular weight excluding hydrogens is 655 g/mol. The van der Waals surface area contributed by atoms with Crippen LogP contribution in [0.5, 0.6) is 0 Å². The molecule has 0 amide bonds. The van der Waals surface area contributed by atoms with E-state index in [0.29, 0.717) is 24.1 Å². The van der Waals surface area contributed by atoms with Crippen molar-refractivity contribution in [2.24, 2.45) is 0 Å². The van der Waals surface area contributed by atoms with Crippen LogP contribution in [0.25, 0.3) is 22.3 Å². The number of nitrogens with two attached hydrogens (primary N) is 2. The molecule has 8 N–H and O–H groups in total. The fourth-order valence-electron chi connectivity index (χ4n) is 5.77. The summed E-state index contributed by atoms with van der Waals surface area (Å²) in [6.45, 7) is 0.115. The van der Waals surface area contributed by atoms with Crippen molar-refractivity contribution in [1.82, 2.24) is 49.0 Å². The molecule has 0 bridgehead atoms. The highest BCUT2D eigenvalue weighted by atomic mass is 31.2. The fraction of sp³-hybridized carbons (Fsp3) is 0.615. The van der Waals surface area contributed by atoms with Crippen LogP contribution < -0.4 is 22.1 Å². The number of nitrogens with one attached hydrogen (secondary N) is 2. The van der Waals surface area contributed by atoms with Gasteiger partial charge in [-0.3, -0.25) is 28.0 Å². The smallest absolute Gasteiger partial charge is 0.394 e. The van der Waals surface area contributed by atoms with Crippen LogP contribution >= 0.6 is 7.75 Å². The van der Waals surface area contributed by atoms with Gasteiger partial charge in [0.2, 0.25) is 5.95 Å². The monoisotopic (exact) mass is 694 g/mol. The van der Waals surface area contributed by atoms with Gasteiger partial charge in [-0.1, -0.05) is 0 Å². The number of nitrogens with zero attached hydrogens (tertiary/aromatic N) is 8. The summed E-state index contributed by atoms with van der Waals surface area (Å²) >= 11 is 0. The first-order valence-electron chi connectivity index (χ1n) is 15.1. The van der Waals surface area contributed by atoms with Crippen molar-refractivity contribution in [3.8, 4) is 0 Å². The summed E-state index contributed by atoms with van der Waals surface area (Å²) in [4.78, 5) is 37.4. The van der Waals surface area contributed by atoms with Gasteiger partial charge in [-0.25, -0.2) is 29.6 Å². The number of aromatic nitrogens is 8. The molecule has 6 rings (SSSR count). The number of anilines is 2. The maximum absolute atomic E-state index is 14.3. The quantitative estimate of drug-likeness (QED) is 0.0663. The van der Waals surface area contributed by atoms with E-state index >= 15 is 0 Å². The highest BCUT2D eigenvalue weighted by Gasteiger charge is 2.48. The van der Waals surface area contributed by atoms with Crippen molar-refractivity contribution in [2.45, 2.75) is 55.8 Å². The van der Waals surface area contributed by atoms with Crippen molar-refractivity contribution in [2.75, 3.05) is 59.0 Å². The number of ether oxygens (including phenoxy) is 3. The number of methoxy groups -OCH3 is 1. The molecule has 8 atom stereocenters. The molecule has 6 heterocycles. The number of imidazole rings is 2. The first kappa shape index (κ1) is 34.2. The summed E-state index contributed by atoms with van der Waals surface area (Å²) < 4.78 is 47.1. The summed E-state index contributed by atoms with van der Waals surface area (Å²) in [5.74, 6) is 0.0747. The number of nitrogen functional groups attached to an aromatic ring is 2. The van der Waals surface area contributed by atoms with Crippen molar-refractivity contribution in [3.05, 3.63) is 29.3 Å². The average Bonchev–Trinajstić information content (AvgIpc) is 3.82. The third kappa shape index (κ3) is 6.79. The summed E-state index contributed by atoms with van der Waals surface area (Å²) in [7, 11) is 1.10. The first-order chi connectivity index (χ1) is 23.0. The van der Waals surface area contributed by atoms with Crippen molar-refractivity contribution in [3.63, 3.8) is 0 Å². The zero-order chi connectivity index (χ0) is 34.2. The van der Waals surface area contributed by atoms with Crippen LogP contribution in [0, 0.1) is 0 Å². The van der Waals surface area contributed by atoms with Crippen LogP contribution in [0.15, 0.2) is 23.8 Å². The van der Waals surface area contributed by atoms with Gasteiger partial charge in [0.05, 0.1) is 25.9 Å². The lowest BCUT2D eigenvalue weighted by Gasteiger charge is -2.26. The number of aromatic amines is 1. The molecule has 21 nitrogen and oxygen atoms in total. The van der Waals surface area contributed by atoms with Gasteiger partial charge in [0.1, 0.15) is 48.6 Å². The zero-order valence-corrected chi connectivity index (χ0v) is 27.3. The number of aliphatic hydroxyl groups is 2. The summed E-state index contributed by atoms with van der Waals surface area (Å²) in [5, 5.41) is 24.2. The SMILES string of the molecule is COC1C(O)C(COP(=O)(NCCCN(C)C)OC2CC(n3cnc4c(=O)[nH]c(N)nc43)OC2CO)OC1n1cnc2c(N)ncnc21. The largest absolute Gasteiger partial charge is 0.405 e. The van der Waals surface area contributed by atoms with Gasteiger partial charge in [0, 0.05) is 20.1 Å². The molecule has 4 aromatic rings. The van der Waals surface area contributed by atoms with Crippen LogP contribution in [0.3, 0.4) is 0 Å². The number of aliphatic hydroxyl groups excluding tert-OH is 2. The highest BCUT2D eigenvalue weighted by molar-refractivity contribution is 7.51. The van der Waals surface area contributed by atoms with E-state index in [4.69, 9.17) is 34.7 Å². The van der Waals surface area contributed by atoms with Gasteiger partial charge >= 0.3 is 7.75 Å². The predicted molar refractivity (Wildman–Crippen MR) is 168 cm³/mol. The zero-order valence-electron chi connectivity index (χ0n) is 26.4. The summed E-state index contributed by atoms with van der Waals surface area (Å²) in [6.07, 6.45) is -1.81. The molecule has 2 saturated heterocycles. The minimum Gasteiger partial charge on any atom is -0.394 e. The van der Waals surface area contributed by atoms with Crippen molar-refractivity contribution < 1.29 is 38.0 Å². The molecule has 22 heteroatoms. The van der Waals surface area contributed by atoms with Gasteiger partial charge in [0.25, 0.3) is 5.56 Å². The van der Waals surface area contributed by atoms with Gasteiger partial charge in [-0.15, -0.1) is 0 Å². The third-order valence-corrected chi connectivity index (χ3v) is 9.79. The molecule has 2 aliphatic rings. The van der Waals surface area contributed by atoms with Gasteiger partial charge in [-0.05, 0) is 27.1 Å². The van der Waals surface area contributed by atoms with E-state index in [0.717, 1.165) is 0 Å². The molecule has 0 radical (unpaired) electrons. The Labute approximate surface area is 273 Å². The Hall–Kier alpha value is -3.63. The van der Waals surface area contributed by atoms with E-state index in [1.807, 2.05) is 19.0 Å². The second-order valence-corrected chi connectivity index (χ2v) is 13.4. The Bertz CT molecular complexity index is 1830. The first-order valence-corrected chi connectivity index (χ1v) is 16.7. The topological polar surface area (TPSA) is 278 Å². The maximum Gasteiger partial charge on any atom is 0.405 e. The Morgan fingerprint density at radius 3 is 2.65 bits per heavy atom. The van der Waals surface area contributed by atoms with Crippen LogP contribution in [-0.2, 0) is 27.8 Å². The molecule has 2 fully saturated rings. The van der Waals surface area contributed by atoms with E-state index in [9.17, 15) is 19.6 Å². The maximum atomic E-state index is 14.3. The van der Waals surface area contributed by atoms with Gasteiger partial charge < -0.3 is 40.8 Å². The molecule has 0 aliphatic carbocycles. The third-order valence-electron chi connectivity index (χ3n) is 8.14. The fourth-order valence-corrected chi connectivity index (χ4v) is 7.35. The van der Waals surface area contributed by atoms with Crippen LogP contribution in [0.2, 0.25) is 0 Å². The number of rotatable bonds is 14. The van der Waals surface area contributed by atoms with E-state index in [1.54, 1.807) is 4.57 Å². The second kappa shape index (κ2) is 14.1. The number of H-pyrrole nitrogens is 1. The van der Waals surface area contributed by atoms with E-state index in [-0.39, 0.29) is 42.5 Å². The molecule has 0 saturated carbocycles. The lowest BCUT2D eigenvalue weighted by Crippen LogP contribution is -2.36. The molecule has 4 aromatic heterocycles. The molecule has 2 aliphatic heterocycles. The Morgan fingerprint density at radius 1 is 1.12 bits per heavy atom. The lowest BCUT2D eigenvalue weighted by atomic mass is 10.1. The molecule has 0 spiro atoms. The van der Waals surface area contributed by atoms with E-state index < -0.39 is 62.9 Å². The Morgan fingerprint density at radius 2 is 1.90 bits per heavy atom. The minimum atomic E-state index is -4.14. The predicted octanol–water partition coefficient (Wildman–Crippen LogP) is -1.27. The lowest BCUT2D eigenvalue weighted by molar-refractivity contribution is -0.0597. The van der Waals surface area contributed by atoms with Crippen LogP contribution in [0.4, 0.5) is 11.8 Å². The molecule has 262 valence electrons. The normalized spacial score (nSPS) is 27.4. The van der Waals surface area contributed by atoms with E-state index in [2.05, 4.69) is 35.0 Å².